The number of amides is 1. The second-order valence-corrected chi connectivity index (χ2v) is 10.4. The largest absolute Gasteiger partial charge is 0.493 e. The van der Waals surface area contributed by atoms with Crippen LogP contribution in [0.25, 0.3) is 0 Å². The molecule has 4 rings (SSSR count). The number of halogens is 3. The van der Waals surface area contributed by atoms with Gasteiger partial charge in [0, 0.05) is 17.7 Å². The number of rotatable bonds is 8. The van der Waals surface area contributed by atoms with Gasteiger partial charge in [-0.2, -0.15) is 18.4 Å². The summed E-state index contributed by atoms with van der Waals surface area (Å²) in [5, 5.41) is 11.8. The van der Waals surface area contributed by atoms with Gasteiger partial charge in [0.05, 0.1) is 34.4 Å². The van der Waals surface area contributed by atoms with Gasteiger partial charge in [0.15, 0.2) is 5.69 Å². The fourth-order valence-corrected chi connectivity index (χ4v) is 5.34. The molecule has 1 aliphatic rings. The number of aromatic nitrogens is 2. The number of ether oxygens (including phenoxy) is 1. The number of hydrogen-bond donors (Lipinski definition) is 3. The molecule has 1 atom stereocenters. The van der Waals surface area contributed by atoms with Crippen LogP contribution in [0.3, 0.4) is 0 Å². The van der Waals surface area contributed by atoms with E-state index in [1.54, 1.807) is 18.5 Å². The molecular formula is C25H25F3N6O4S. The second-order valence-electron chi connectivity index (χ2n) is 8.69. The van der Waals surface area contributed by atoms with Crippen LogP contribution in [0, 0.1) is 18.3 Å². The molecule has 1 aromatic heterocycles. The molecule has 0 spiro atoms. The zero-order chi connectivity index (χ0) is 28.5. The Hall–Kier alpha value is -4.25. The summed E-state index contributed by atoms with van der Waals surface area (Å²) in [6.07, 6.45) is -4.39. The molecular weight excluding hydrogens is 537 g/mol. The summed E-state index contributed by atoms with van der Waals surface area (Å²) >= 11 is 0. The summed E-state index contributed by atoms with van der Waals surface area (Å²) in [4.78, 5) is 17.1. The van der Waals surface area contributed by atoms with Crippen LogP contribution in [0.5, 0.6) is 5.75 Å². The van der Waals surface area contributed by atoms with Gasteiger partial charge in [-0.05, 0) is 56.7 Å². The molecule has 1 aliphatic heterocycles. The Bertz CT molecular complexity index is 1580. The number of benzene rings is 2. The predicted octanol–water partition coefficient (Wildman–Crippen LogP) is 4.22. The highest BCUT2D eigenvalue weighted by Crippen LogP contribution is 2.35. The maximum absolute atomic E-state index is 13.4. The van der Waals surface area contributed by atoms with Crippen LogP contribution in [-0.4, -0.2) is 30.6 Å². The highest BCUT2D eigenvalue weighted by atomic mass is 32.2. The molecule has 39 heavy (non-hydrogen) atoms. The first-order valence-electron chi connectivity index (χ1n) is 12.0. The summed E-state index contributed by atoms with van der Waals surface area (Å²) in [5.41, 5.74) is 2.03. The van der Waals surface area contributed by atoms with Crippen LogP contribution in [0.4, 0.5) is 18.9 Å². The average molecular weight is 563 g/mol. The normalized spacial score (nSPS) is 15.1. The van der Waals surface area contributed by atoms with E-state index in [0.29, 0.717) is 35.4 Å². The number of nitriles is 1. The second kappa shape index (κ2) is 10.5. The molecule has 3 N–H and O–H groups in total. The zero-order valence-electron chi connectivity index (χ0n) is 21.2. The molecule has 0 bridgehead atoms. The summed E-state index contributed by atoms with van der Waals surface area (Å²) in [6.45, 7) is 5.67. The predicted molar refractivity (Wildman–Crippen MR) is 135 cm³/mol. The number of carbonyl (C=O) groups is 1. The Balaban J connectivity index is 1.72. The lowest BCUT2D eigenvalue weighted by atomic mass is 10.1. The van der Waals surface area contributed by atoms with E-state index in [-0.39, 0.29) is 22.8 Å². The number of aryl methyl sites for hydroxylation is 2. The lowest BCUT2D eigenvalue weighted by Crippen LogP contribution is -2.45. The first-order valence-corrected chi connectivity index (χ1v) is 13.4. The average Bonchev–Trinajstić information content (AvgIpc) is 3.19. The highest BCUT2D eigenvalue weighted by molar-refractivity contribution is 7.92. The first-order chi connectivity index (χ1) is 18.4. The number of alkyl halides is 3. The van der Waals surface area contributed by atoms with E-state index in [4.69, 9.17) is 10.00 Å². The fourth-order valence-electron chi connectivity index (χ4n) is 4.25. The van der Waals surface area contributed by atoms with E-state index in [1.165, 1.54) is 24.3 Å². The third-order valence-corrected chi connectivity index (χ3v) is 7.32. The Morgan fingerprint density at radius 3 is 2.59 bits per heavy atom. The van der Waals surface area contributed by atoms with Gasteiger partial charge >= 0.3 is 6.18 Å². The number of nitrogens with zero attached hydrogens (tertiary/aromatic N) is 3. The highest BCUT2D eigenvalue weighted by Gasteiger charge is 2.35. The molecule has 0 aliphatic carbocycles. The van der Waals surface area contributed by atoms with Gasteiger partial charge in [0.1, 0.15) is 17.7 Å². The number of carbonyl (C=O) groups excluding carboxylic acids is 1. The summed E-state index contributed by atoms with van der Waals surface area (Å²) in [5.74, 6) is 0.510. The van der Waals surface area contributed by atoms with E-state index < -0.39 is 39.4 Å². The van der Waals surface area contributed by atoms with Crippen molar-refractivity contribution in [2.75, 3.05) is 16.8 Å². The van der Waals surface area contributed by atoms with Crippen LogP contribution >= 0.6 is 0 Å². The lowest BCUT2D eigenvalue weighted by molar-refractivity contribution is -0.137. The van der Waals surface area contributed by atoms with Gasteiger partial charge in [-0.25, -0.2) is 18.1 Å². The van der Waals surface area contributed by atoms with E-state index >= 15 is 0 Å². The minimum Gasteiger partial charge on any atom is -0.493 e. The van der Waals surface area contributed by atoms with Gasteiger partial charge in [-0.3, -0.25) is 14.9 Å². The number of imidazole rings is 1. The number of hydrogen-bond acceptors (Lipinski definition) is 7. The van der Waals surface area contributed by atoms with Crippen LogP contribution < -0.4 is 20.2 Å². The smallest absolute Gasteiger partial charge is 0.417 e. The number of nitrogens with one attached hydrogen (secondary N) is 3. The van der Waals surface area contributed by atoms with Crippen molar-refractivity contribution in [2.24, 2.45) is 0 Å². The lowest BCUT2D eigenvalue weighted by Gasteiger charge is -2.30. The topological polar surface area (TPSA) is 138 Å². The molecule has 14 heteroatoms. The molecule has 2 heterocycles. The number of fused-ring (bicyclic) bond motifs is 1. The third kappa shape index (κ3) is 5.49. The molecule has 3 aromatic rings. The van der Waals surface area contributed by atoms with Crippen LogP contribution in [-0.2, 0) is 22.6 Å². The van der Waals surface area contributed by atoms with Crippen molar-refractivity contribution in [3.8, 4) is 11.8 Å². The van der Waals surface area contributed by atoms with E-state index in [9.17, 15) is 26.4 Å². The molecule has 1 amide bonds. The molecule has 0 fully saturated rings. The summed E-state index contributed by atoms with van der Waals surface area (Å²) in [6, 6.07) is 7.90. The molecule has 1 unspecified atom stereocenters. The third-order valence-electron chi connectivity index (χ3n) is 5.94. The van der Waals surface area contributed by atoms with Gasteiger partial charge in [0.25, 0.3) is 15.9 Å². The fraction of sp³-hybridized carbons (Fsp3) is 0.320. The van der Waals surface area contributed by atoms with Gasteiger partial charge in [-0.15, -0.1) is 0 Å². The zero-order valence-corrected chi connectivity index (χ0v) is 22.0. The molecule has 0 saturated carbocycles. The van der Waals surface area contributed by atoms with E-state index in [2.05, 4.69) is 20.4 Å². The molecule has 206 valence electrons. The van der Waals surface area contributed by atoms with Gasteiger partial charge in [-0.1, -0.05) is 6.92 Å². The Labute approximate surface area is 222 Å². The maximum atomic E-state index is 13.4. The van der Waals surface area contributed by atoms with Crippen LogP contribution in [0.1, 0.15) is 65.1 Å². The van der Waals surface area contributed by atoms with Gasteiger partial charge in [0.2, 0.25) is 0 Å². The van der Waals surface area contributed by atoms with E-state index in [1.807, 2.05) is 6.92 Å². The summed E-state index contributed by atoms with van der Waals surface area (Å²) in [7, 11) is -4.39. The monoisotopic (exact) mass is 562 g/mol. The van der Waals surface area contributed by atoms with Crippen molar-refractivity contribution in [2.45, 2.75) is 50.9 Å². The quantitative estimate of drug-likeness (QED) is 0.374. The minimum atomic E-state index is -4.86. The van der Waals surface area contributed by atoms with Crippen LogP contribution in [0.2, 0.25) is 0 Å². The van der Waals surface area contributed by atoms with Crippen LogP contribution in [0.15, 0.2) is 41.3 Å². The van der Waals surface area contributed by atoms with Crippen molar-refractivity contribution in [3.63, 3.8) is 0 Å². The standard InChI is InChI=1S/C25H25F3N6O4S/c1-4-6-21-30-14(3)22-24(35)31-23(32-34(21)22)18-12-17(9-10-20(18)38-5-2)39(36,37)33-16-8-7-15(13-29)19(11-16)25(26,27)28/h7-12,23,32-33H,4-6H2,1-3H3,(H,31,35). The Morgan fingerprint density at radius 1 is 1.21 bits per heavy atom. The van der Waals surface area contributed by atoms with E-state index in [0.717, 1.165) is 18.6 Å². The number of sulfonamides is 1. The minimum absolute atomic E-state index is 0.250. The number of anilines is 1. The van der Waals surface area contributed by atoms with Crippen molar-refractivity contribution in [1.82, 2.24) is 15.0 Å². The van der Waals surface area contributed by atoms with Crippen molar-refractivity contribution < 1.29 is 31.1 Å². The maximum Gasteiger partial charge on any atom is 0.417 e. The van der Waals surface area contributed by atoms with Crippen molar-refractivity contribution in [1.29, 1.82) is 5.26 Å². The molecule has 10 nitrogen and oxygen atoms in total. The van der Waals surface area contributed by atoms with Crippen molar-refractivity contribution in [3.05, 3.63) is 70.3 Å². The SMILES string of the molecule is CCCc1nc(C)c2n1NC(c1cc(S(=O)(=O)Nc3ccc(C#N)c(C(F)(F)F)c3)ccc1OCC)NC2=O. The molecule has 0 saturated heterocycles. The summed E-state index contributed by atoms with van der Waals surface area (Å²) < 4.78 is 75.9. The molecule has 0 radical (unpaired) electrons. The Morgan fingerprint density at radius 2 is 1.95 bits per heavy atom. The Kier molecular flexibility index (Phi) is 7.47. The van der Waals surface area contributed by atoms with Crippen molar-refractivity contribution >= 4 is 21.6 Å². The van der Waals surface area contributed by atoms with Gasteiger partial charge < -0.3 is 10.1 Å². The molecule has 2 aromatic carbocycles. The first kappa shape index (κ1) is 27.8.